The highest BCUT2D eigenvalue weighted by Gasteiger charge is 2.19. The van der Waals surface area contributed by atoms with Crippen molar-refractivity contribution >= 4 is 11.6 Å². The molecule has 4 N–H and O–H groups in total. The minimum Gasteiger partial charge on any atom is -0.398 e. The van der Waals surface area contributed by atoms with Crippen LogP contribution >= 0.6 is 0 Å². The van der Waals surface area contributed by atoms with Crippen LogP contribution in [0.5, 0.6) is 0 Å². The number of carbonyl (C=O) groups excluding carboxylic acids is 1. The van der Waals surface area contributed by atoms with Crippen LogP contribution in [-0.2, 0) is 0 Å². The van der Waals surface area contributed by atoms with E-state index in [1.807, 2.05) is 5.32 Å². The van der Waals surface area contributed by atoms with E-state index in [-0.39, 0.29) is 5.69 Å². The second kappa shape index (κ2) is 5.67. The molecule has 0 aliphatic carbocycles. The zero-order chi connectivity index (χ0) is 13.9. The lowest BCUT2D eigenvalue weighted by molar-refractivity contribution is -0.00270. The fourth-order valence-corrected chi connectivity index (χ4v) is 1.14. The number of carbonyl (C=O) groups is 1. The second-order valence-electron chi connectivity index (χ2n) is 3.47. The van der Waals surface area contributed by atoms with Crippen LogP contribution in [0.1, 0.15) is 10.4 Å². The van der Waals surface area contributed by atoms with Gasteiger partial charge in [0.15, 0.2) is 11.6 Å². The van der Waals surface area contributed by atoms with Gasteiger partial charge in [0.1, 0.15) is 6.10 Å². The monoisotopic (exact) mass is 266 g/mol. The maximum Gasteiger partial charge on any atom is 0.265 e. The highest BCUT2D eigenvalue weighted by atomic mass is 19.3. The number of anilines is 1. The Kier molecular flexibility index (Phi) is 4.49. The summed E-state index contributed by atoms with van der Waals surface area (Å²) in [5.74, 6) is -3.49. The molecule has 100 valence electrons. The maximum absolute atomic E-state index is 12.9. The van der Waals surface area contributed by atoms with Crippen LogP contribution in [0.15, 0.2) is 12.1 Å². The van der Waals surface area contributed by atoms with Crippen molar-refractivity contribution in [3.8, 4) is 0 Å². The topological polar surface area (TPSA) is 75.4 Å². The van der Waals surface area contributed by atoms with Crippen LogP contribution < -0.4 is 11.1 Å². The molecule has 1 unspecified atom stereocenters. The van der Waals surface area contributed by atoms with E-state index in [0.29, 0.717) is 12.1 Å². The molecule has 0 aliphatic heterocycles. The van der Waals surface area contributed by atoms with Crippen molar-refractivity contribution in [2.75, 3.05) is 12.3 Å². The first-order valence-electron chi connectivity index (χ1n) is 4.82. The number of hydrogen-bond acceptors (Lipinski definition) is 3. The molecule has 0 saturated heterocycles. The highest BCUT2D eigenvalue weighted by Crippen LogP contribution is 2.16. The first kappa shape index (κ1) is 14.2. The predicted octanol–water partition coefficient (Wildman–Crippen LogP) is 0.903. The number of nitrogens with two attached hydrogens (primary N) is 1. The van der Waals surface area contributed by atoms with Gasteiger partial charge >= 0.3 is 0 Å². The lowest BCUT2D eigenvalue weighted by Gasteiger charge is -2.11. The van der Waals surface area contributed by atoms with Gasteiger partial charge in [-0.15, -0.1) is 0 Å². The number of nitrogen functional groups attached to an aromatic ring is 1. The van der Waals surface area contributed by atoms with E-state index in [4.69, 9.17) is 10.8 Å². The first-order chi connectivity index (χ1) is 8.32. The number of nitrogens with one attached hydrogen (secondary N) is 1. The van der Waals surface area contributed by atoms with Crippen LogP contribution in [-0.4, -0.2) is 30.1 Å². The molecule has 0 aliphatic rings. The van der Waals surface area contributed by atoms with Gasteiger partial charge in [0.2, 0.25) is 0 Å². The second-order valence-corrected chi connectivity index (χ2v) is 3.47. The standard InChI is InChI=1S/C10H10F4N2O2/c11-5-1-4(7(15)2-6(5)12)10(18)16-3-8(17)9(13)14/h1-2,8-9,17H,3,15H2,(H,16,18). The minimum absolute atomic E-state index is 0.335. The van der Waals surface area contributed by atoms with Gasteiger partial charge in [-0.1, -0.05) is 0 Å². The average molecular weight is 266 g/mol. The Morgan fingerprint density at radius 1 is 1.33 bits per heavy atom. The van der Waals surface area contributed by atoms with Gasteiger partial charge in [-0.25, -0.2) is 17.6 Å². The lowest BCUT2D eigenvalue weighted by atomic mass is 10.1. The molecule has 0 spiro atoms. The summed E-state index contributed by atoms with van der Waals surface area (Å²) in [4.78, 5) is 11.4. The number of aliphatic hydroxyl groups excluding tert-OH is 1. The van der Waals surface area contributed by atoms with Gasteiger partial charge in [-0.2, -0.15) is 0 Å². The third-order valence-electron chi connectivity index (χ3n) is 2.10. The Labute approximate surface area is 99.4 Å². The van der Waals surface area contributed by atoms with Crippen molar-refractivity contribution in [3.05, 3.63) is 29.3 Å². The normalized spacial score (nSPS) is 12.6. The molecule has 18 heavy (non-hydrogen) atoms. The molecule has 4 nitrogen and oxygen atoms in total. The lowest BCUT2D eigenvalue weighted by Crippen LogP contribution is -2.36. The molecule has 1 rings (SSSR count). The molecule has 1 atom stereocenters. The Morgan fingerprint density at radius 2 is 1.89 bits per heavy atom. The summed E-state index contributed by atoms with van der Waals surface area (Å²) in [7, 11) is 0. The third-order valence-corrected chi connectivity index (χ3v) is 2.10. The van der Waals surface area contributed by atoms with Gasteiger partial charge in [0.05, 0.1) is 5.56 Å². The fourth-order valence-electron chi connectivity index (χ4n) is 1.14. The molecule has 0 fully saturated rings. The van der Waals surface area contributed by atoms with Gasteiger partial charge in [0.25, 0.3) is 12.3 Å². The number of rotatable bonds is 4. The number of hydrogen-bond donors (Lipinski definition) is 3. The van der Waals surface area contributed by atoms with Crippen molar-refractivity contribution in [2.24, 2.45) is 0 Å². The maximum atomic E-state index is 12.9. The molecule has 8 heteroatoms. The highest BCUT2D eigenvalue weighted by molar-refractivity contribution is 5.99. The fraction of sp³-hybridized carbons (Fsp3) is 0.300. The Balaban J connectivity index is 2.76. The van der Waals surface area contributed by atoms with E-state index in [1.54, 1.807) is 0 Å². The molecular formula is C10H10F4N2O2. The van der Waals surface area contributed by atoms with E-state index < -0.39 is 42.2 Å². The van der Waals surface area contributed by atoms with Crippen LogP contribution in [0.25, 0.3) is 0 Å². The van der Waals surface area contributed by atoms with Gasteiger partial charge in [0, 0.05) is 18.3 Å². The van der Waals surface area contributed by atoms with Crippen molar-refractivity contribution in [1.29, 1.82) is 0 Å². The minimum atomic E-state index is -3.02. The molecule has 1 amide bonds. The summed E-state index contributed by atoms with van der Waals surface area (Å²) in [5, 5.41) is 10.7. The summed E-state index contributed by atoms with van der Waals surface area (Å²) in [5.41, 5.74) is 4.55. The van der Waals surface area contributed by atoms with Crippen LogP contribution in [0.4, 0.5) is 23.2 Å². The van der Waals surface area contributed by atoms with Gasteiger partial charge in [-0.3, -0.25) is 4.79 Å². The first-order valence-corrected chi connectivity index (χ1v) is 4.82. The zero-order valence-electron chi connectivity index (χ0n) is 8.96. The van der Waals surface area contributed by atoms with Crippen molar-refractivity contribution in [2.45, 2.75) is 12.5 Å². The predicted molar refractivity (Wildman–Crippen MR) is 55.1 cm³/mol. The molecule has 0 radical (unpaired) electrons. The summed E-state index contributed by atoms with van der Waals surface area (Å²) in [6.45, 7) is -0.727. The van der Waals surface area contributed by atoms with Crippen molar-refractivity contribution in [1.82, 2.24) is 5.32 Å². The number of amides is 1. The number of benzene rings is 1. The Bertz CT molecular complexity index is 454. The van der Waals surface area contributed by atoms with E-state index in [2.05, 4.69) is 0 Å². The van der Waals surface area contributed by atoms with Crippen LogP contribution in [0.2, 0.25) is 0 Å². The van der Waals surface area contributed by atoms with Gasteiger partial charge < -0.3 is 16.2 Å². The largest absolute Gasteiger partial charge is 0.398 e. The smallest absolute Gasteiger partial charge is 0.265 e. The van der Waals surface area contributed by atoms with Crippen molar-refractivity contribution in [3.63, 3.8) is 0 Å². The van der Waals surface area contributed by atoms with Crippen molar-refractivity contribution < 1.29 is 27.5 Å². The Hall–Kier alpha value is -1.83. The summed E-state index contributed by atoms with van der Waals surface area (Å²) >= 11 is 0. The molecule has 0 heterocycles. The number of alkyl halides is 2. The molecule has 0 aromatic heterocycles. The average Bonchev–Trinajstić information content (AvgIpc) is 2.30. The summed E-state index contributed by atoms with van der Waals surface area (Å²) < 4.78 is 49.5. The molecular weight excluding hydrogens is 256 g/mol. The van der Waals surface area contributed by atoms with Crippen LogP contribution in [0, 0.1) is 11.6 Å². The number of halogens is 4. The van der Waals surface area contributed by atoms with E-state index >= 15 is 0 Å². The Morgan fingerprint density at radius 3 is 2.44 bits per heavy atom. The van der Waals surface area contributed by atoms with E-state index in [1.165, 1.54) is 0 Å². The SMILES string of the molecule is Nc1cc(F)c(F)cc1C(=O)NCC(O)C(F)F. The summed E-state index contributed by atoms with van der Waals surface area (Å²) in [6.07, 6.45) is -5.06. The third kappa shape index (κ3) is 3.33. The van der Waals surface area contributed by atoms with Crippen LogP contribution in [0.3, 0.4) is 0 Å². The molecule has 0 bridgehead atoms. The van der Waals surface area contributed by atoms with E-state index in [0.717, 1.165) is 0 Å². The molecule has 1 aromatic rings. The molecule has 1 aromatic carbocycles. The number of aliphatic hydroxyl groups is 1. The van der Waals surface area contributed by atoms with E-state index in [9.17, 15) is 22.4 Å². The van der Waals surface area contributed by atoms with Gasteiger partial charge in [-0.05, 0) is 6.07 Å². The quantitative estimate of drug-likeness (QED) is 0.560. The zero-order valence-corrected chi connectivity index (χ0v) is 8.96. The summed E-state index contributed by atoms with van der Waals surface area (Å²) in [6, 6.07) is 1.16. The molecule has 0 saturated carbocycles.